The molecule has 0 radical (unpaired) electrons. The summed E-state index contributed by atoms with van der Waals surface area (Å²) in [7, 11) is 1.33. The second-order valence-electron chi connectivity index (χ2n) is 7.56. The van der Waals surface area contributed by atoms with Crippen molar-refractivity contribution in [1.82, 2.24) is 5.32 Å². The molecule has 0 aromatic rings. The number of ether oxygens (including phenoxy) is 2. The van der Waals surface area contributed by atoms with Gasteiger partial charge in [-0.25, -0.2) is 4.79 Å². The van der Waals surface area contributed by atoms with Crippen LogP contribution < -0.4 is 5.32 Å². The molecule has 1 amide bonds. The highest BCUT2D eigenvalue weighted by molar-refractivity contribution is 6.21. The Morgan fingerprint density at radius 3 is 2.29 bits per heavy atom. The number of aliphatic hydroxyl groups excluding tert-OH is 1. The Hall–Kier alpha value is -2.81. The van der Waals surface area contributed by atoms with Crippen molar-refractivity contribution in [2.75, 3.05) is 13.7 Å². The Kier molecular flexibility index (Phi) is 7.54. The minimum atomic E-state index is -1.74. The van der Waals surface area contributed by atoms with Gasteiger partial charge in [0.05, 0.1) is 12.7 Å². The number of esters is 1. The SMILES string of the molecule is CC=C(C=C(C)C(C)=CC=CC=C(C)C(=O)C12OC1C(O)(CCO)NC2=O)C(=O)OC. The number of carbonyl (C=O) groups excluding carboxylic acids is 3. The number of morpholine rings is 1. The molecule has 31 heavy (non-hydrogen) atoms. The van der Waals surface area contributed by atoms with Crippen molar-refractivity contribution >= 4 is 17.7 Å². The van der Waals surface area contributed by atoms with Crippen molar-refractivity contribution in [2.45, 2.75) is 51.5 Å². The van der Waals surface area contributed by atoms with E-state index in [0.29, 0.717) is 11.1 Å². The lowest BCUT2D eigenvalue weighted by Gasteiger charge is -2.22. The molecule has 2 saturated heterocycles. The summed E-state index contributed by atoms with van der Waals surface area (Å²) in [6.45, 7) is 6.71. The smallest absolute Gasteiger partial charge is 0.337 e. The molecule has 0 spiro atoms. The molecule has 8 nitrogen and oxygen atoms in total. The van der Waals surface area contributed by atoms with E-state index in [1.54, 1.807) is 44.2 Å². The summed E-state index contributed by atoms with van der Waals surface area (Å²) in [5.74, 6) is -1.64. The van der Waals surface area contributed by atoms with Crippen LogP contribution in [0.1, 0.15) is 34.1 Å². The number of nitrogens with one attached hydrogen (secondary N) is 1. The zero-order chi connectivity index (χ0) is 23.4. The molecular weight excluding hydrogens is 402 g/mol. The van der Waals surface area contributed by atoms with Gasteiger partial charge in [0.1, 0.15) is 0 Å². The number of hydrogen-bond donors (Lipinski definition) is 3. The highest BCUT2D eigenvalue weighted by Gasteiger charge is 2.80. The molecule has 3 N–H and O–H groups in total. The standard InChI is InChI=1S/C23H29NO7/c1-6-17(19(27)30-5)13-16(4)14(2)9-7-8-10-15(3)18(26)23-20(31-23)22(29,11-12-25)24-21(23)28/h6-10,13,20,25,29H,11-12H2,1-5H3,(H,24,28). The van der Waals surface area contributed by atoms with Crippen molar-refractivity contribution in [3.05, 3.63) is 58.7 Å². The van der Waals surface area contributed by atoms with E-state index in [1.807, 2.05) is 19.9 Å². The summed E-state index contributed by atoms with van der Waals surface area (Å²) >= 11 is 0. The average molecular weight is 431 g/mol. The Balaban J connectivity index is 2.08. The van der Waals surface area contributed by atoms with Crippen LogP contribution in [0.3, 0.4) is 0 Å². The number of hydrogen-bond acceptors (Lipinski definition) is 7. The lowest BCUT2D eigenvalue weighted by atomic mass is 9.92. The van der Waals surface area contributed by atoms with Crippen LogP contribution >= 0.6 is 0 Å². The van der Waals surface area contributed by atoms with Gasteiger partial charge in [-0.15, -0.1) is 0 Å². The Morgan fingerprint density at radius 2 is 1.77 bits per heavy atom. The van der Waals surface area contributed by atoms with Gasteiger partial charge in [-0.05, 0) is 50.5 Å². The Morgan fingerprint density at radius 1 is 1.16 bits per heavy atom. The van der Waals surface area contributed by atoms with Crippen LogP contribution in [0, 0.1) is 0 Å². The molecule has 2 fully saturated rings. The number of amides is 1. The first-order chi connectivity index (χ1) is 14.6. The van der Waals surface area contributed by atoms with Crippen molar-refractivity contribution in [3.63, 3.8) is 0 Å². The highest BCUT2D eigenvalue weighted by Crippen LogP contribution is 2.50. The molecule has 3 atom stereocenters. The van der Waals surface area contributed by atoms with Crippen LogP contribution in [0.2, 0.25) is 0 Å². The fourth-order valence-corrected chi connectivity index (χ4v) is 3.38. The quantitative estimate of drug-likeness (QED) is 0.166. The first-order valence-corrected chi connectivity index (χ1v) is 9.91. The van der Waals surface area contributed by atoms with Crippen LogP contribution in [-0.4, -0.2) is 59.0 Å². The average Bonchev–Trinajstić information content (AvgIpc) is 3.47. The molecular formula is C23H29NO7. The Labute approximate surface area is 181 Å². The van der Waals surface area contributed by atoms with E-state index in [2.05, 4.69) is 5.32 Å². The summed E-state index contributed by atoms with van der Waals surface area (Å²) in [6, 6.07) is 0. The van der Waals surface area contributed by atoms with Crippen LogP contribution in [0.5, 0.6) is 0 Å². The number of aliphatic hydroxyl groups is 2. The fourth-order valence-electron chi connectivity index (χ4n) is 3.38. The van der Waals surface area contributed by atoms with Crippen molar-refractivity contribution in [1.29, 1.82) is 0 Å². The van der Waals surface area contributed by atoms with Crippen molar-refractivity contribution in [3.8, 4) is 0 Å². The highest BCUT2D eigenvalue weighted by atomic mass is 16.6. The molecule has 2 heterocycles. The first-order valence-electron chi connectivity index (χ1n) is 9.91. The zero-order valence-electron chi connectivity index (χ0n) is 18.4. The monoisotopic (exact) mass is 431 g/mol. The van der Waals surface area contributed by atoms with Crippen LogP contribution in [-0.2, 0) is 23.9 Å². The number of epoxide rings is 1. The lowest BCUT2D eigenvalue weighted by Crippen LogP contribution is -2.48. The van der Waals surface area contributed by atoms with Gasteiger partial charge >= 0.3 is 5.97 Å². The molecule has 2 rings (SSSR count). The number of carbonyl (C=O) groups is 3. The van der Waals surface area contributed by atoms with Crippen LogP contribution in [0.25, 0.3) is 0 Å². The van der Waals surface area contributed by atoms with Gasteiger partial charge in [-0.3, -0.25) is 9.59 Å². The molecule has 8 heteroatoms. The van der Waals surface area contributed by atoms with Crippen LogP contribution in [0.15, 0.2) is 58.7 Å². The number of methoxy groups -OCH3 is 1. The minimum absolute atomic E-state index is 0.122. The second-order valence-corrected chi connectivity index (χ2v) is 7.56. The zero-order valence-corrected chi connectivity index (χ0v) is 18.4. The van der Waals surface area contributed by atoms with Gasteiger partial charge < -0.3 is 25.0 Å². The molecule has 168 valence electrons. The van der Waals surface area contributed by atoms with Gasteiger partial charge in [-0.2, -0.15) is 0 Å². The number of ketones is 1. The fraction of sp³-hybridized carbons (Fsp3) is 0.435. The number of allylic oxidation sites excluding steroid dienone is 7. The van der Waals surface area contributed by atoms with Crippen molar-refractivity contribution in [2.24, 2.45) is 0 Å². The molecule has 0 bridgehead atoms. The summed E-state index contributed by atoms with van der Waals surface area (Å²) in [6.07, 6.45) is 9.03. The molecule has 0 aromatic carbocycles. The predicted octanol–water partition coefficient (Wildman–Crippen LogP) is 1.41. The summed E-state index contributed by atoms with van der Waals surface area (Å²) in [5, 5.41) is 21.8. The molecule has 3 unspecified atom stereocenters. The molecule has 2 aliphatic heterocycles. The maximum absolute atomic E-state index is 12.8. The van der Waals surface area contributed by atoms with Gasteiger partial charge in [-0.1, -0.05) is 30.4 Å². The van der Waals surface area contributed by atoms with Crippen molar-refractivity contribution < 1.29 is 34.1 Å². The summed E-state index contributed by atoms with van der Waals surface area (Å²) in [4.78, 5) is 36.7. The van der Waals surface area contributed by atoms with E-state index in [1.165, 1.54) is 7.11 Å². The normalized spacial score (nSPS) is 29.1. The summed E-state index contributed by atoms with van der Waals surface area (Å²) < 4.78 is 10.0. The first kappa shape index (κ1) is 24.5. The third-order valence-electron chi connectivity index (χ3n) is 5.43. The van der Waals surface area contributed by atoms with E-state index >= 15 is 0 Å². The van der Waals surface area contributed by atoms with E-state index in [0.717, 1.165) is 11.1 Å². The second kappa shape index (κ2) is 9.55. The maximum Gasteiger partial charge on any atom is 0.337 e. The third kappa shape index (κ3) is 4.76. The topological polar surface area (TPSA) is 125 Å². The van der Waals surface area contributed by atoms with Crippen LogP contribution in [0.4, 0.5) is 0 Å². The molecule has 0 aromatic heterocycles. The van der Waals surface area contributed by atoms with Gasteiger partial charge in [0, 0.05) is 13.0 Å². The minimum Gasteiger partial charge on any atom is -0.465 e. The van der Waals surface area contributed by atoms with Gasteiger partial charge in [0.25, 0.3) is 5.91 Å². The lowest BCUT2D eigenvalue weighted by molar-refractivity contribution is -0.138. The van der Waals surface area contributed by atoms with Gasteiger partial charge in [0.15, 0.2) is 11.8 Å². The van der Waals surface area contributed by atoms with E-state index in [-0.39, 0.29) is 13.0 Å². The molecule has 0 aliphatic carbocycles. The van der Waals surface area contributed by atoms with E-state index < -0.39 is 35.1 Å². The number of rotatable bonds is 9. The van der Waals surface area contributed by atoms with Gasteiger partial charge in [0.2, 0.25) is 11.4 Å². The van der Waals surface area contributed by atoms with E-state index in [9.17, 15) is 19.5 Å². The number of fused-ring (bicyclic) bond motifs is 1. The Bertz CT molecular complexity index is 924. The largest absolute Gasteiger partial charge is 0.465 e. The predicted molar refractivity (Wildman–Crippen MR) is 114 cm³/mol. The third-order valence-corrected chi connectivity index (χ3v) is 5.43. The molecule has 2 aliphatic rings. The number of Topliss-reactive ketones (excluding diaryl/α,β-unsaturated/α-hetero) is 1. The van der Waals surface area contributed by atoms with E-state index in [4.69, 9.17) is 14.6 Å². The maximum atomic E-state index is 12.8. The molecule has 0 saturated carbocycles. The summed E-state index contributed by atoms with van der Waals surface area (Å²) in [5.41, 5.74) is -0.934.